The summed E-state index contributed by atoms with van der Waals surface area (Å²) in [5.74, 6) is -2.01. The summed E-state index contributed by atoms with van der Waals surface area (Å²) in [7, 11) is 3.11. The van der Waals surface area contributed by atoms with E-state index in [4.69, 9.17) is 10.5 Å². The lowest BCUT2D eigenvalue weighted by Crippen LogP contribution is -2.47. The van der Waals surface area contributed by atoms with E-state index >= 15 is 0 Å². The predicted octanol–water partition coefficient (Wildman–Crippen LogP) is 2.69. The van der Waals surface area contributed by atoms with Crippen LogP contribution >= 0.6 is 0 Å². The van der Waals surface area contributed by atoms with Crippen molar-refractivity contribution in [2.75, 3.05) is 6.61 Å². The van der Waals surface area contributed by atoms with Gasteiger partial charge in [-0.05, 0) is 24.6 Å². The van der Waals surface area contributed by atoms with E-state index in [2.05, 4.69) is 20.0 Å². The summed E-state index contributed by atoms with van der Waals surface area (Å²) in [5, 5.41) is 3.46. The molecule has 0 aliphatic carbocycles. The Bertz CT molecular complexity index is 1240. The van der Waals surface area contributed by atoms with Gasteiger partial charge in [0, 0.05) is 44.8 Å². The molecule has 0 saturated carbocycles. The van der Waals surface area contributed by atoms with E-state index in [1.165, 1.54) is 7.05 Å². The Balaban J connectivity index is 1.31. The summed E-state index contributed by atoms with van der Waals surface area (Å²) in [6.07, 6.45) is -4.90. The monoisotopic (exact) mass is 483 g/mol. The number of halogens is 5. The van der Waals surface area contributed by atoms with E-state index in [-0.39, 0.29) is 24.0 Å². The molecule has 3 aromatic rings. The van der Waals surface area contributed by atoms with Crippen LogP contribution in [0, 0.1) is 11.6 Å². The Morgan fingerprint density at radius 1 is 1.09 bits per heavy atom. The van der Waals surface area contributed by atoms with Crippen molar-refractivity contribution in [3.63, 3.8) is 0 Å². The normalized spacial score (nSPS) is 23.5. The molecule has 4 heterocycles. The quantitative estimate of drug-likeness (QED) is 0.577. The molecule has 2 aliphatic rings. The van der Waals surface area contributed by atoms with Crippen LogP contribution in [0.3, 0.4) is 0 Å². The molecular formula is C21H22F5N7O. The summed E-state index contributed by atoms with van der Waals surface area (Å²) >= 11 is 0. The number of fused-ring (bicyclic) bond motifs is 1. The summed E-state index contributed by atoms with van der Waals surface area (Å²) in [6.45, 7) is 1.21. The van der Waals surface area contributed by atoms with Crippen molar-refractivity contribution in [1.82, 2.24) is 29.2 Å². The number of imidazole rings is 1. The molecule has 2 N–H and O–H groups in total. The van der Waals surface area contributed by atoms with Gasteiger partial charge in [-0.25, -0.2) is 18.4 Å². The van der Waals surface area contributed by atoms with E-state index in [1.807, 2.05) is 0 Å². The highest BCUT2D eigenvalue weighted by atomic mass is 19.4. The Morgan fingerprint density at radius 3 is 2.50 bits per heavy atom. The minimum Gasteiger partial charge on any atom is -0.370 e. The number of rotatable bonds is 3. The van der Waals surface area contributed by atoms with Gasteiger partial charge < -0.3 is 15.0 Å². The van der Waals surface area contributed by atoms with Crippen LogP contribution in [0.4, 0.5) is 22.0 Å². The Morgan fingerprint density at radius 2 is 1.85 bits per heavy atom. The first kappa shape index (κ1) is 22.9. The predicted molar refractivity (Wildman–Crippen MR) is 109 cm³/mol. The van der Waals surface area contributed by atoms with Crippen LogP contribution in [0.1, 0.15) is 35.3 Å². The number of hydrogen-bond acceptors (Lipinski definition) is 6. The topological polar surface area (TPSA) is 87.0 Å². The lowest BCUT2D eigenvalue weighted by molar-refractivity contribution is -0.144. The molecular weight excluding hydrogens is 461 g/mol. The molecule has 0 spiro atoms. The number of benzene rings is 1. The van der Waals surface area contributed by atoms with E-state index in [1.54, 1.807) is 11.6 Å². The molecule has 1 saturated heterocycles. The van der Waals surface area contributed by atoms with E-state index < -0.39 is 35.8 Å². The number of nitrogens with two attached hydrogens (primary N) is 1. The molecule has 0 amide bonds. The van der Waals surface area contributed by atoms with Crippen molar-refractivity contribution < 1.29 is 26.7 Å². The lowest BCUT2D eigenvalue weighted by atomic mass is 9.93. The largest absolute Gasteiger partial charge is 0.453 e. The van der Waals surface area contributed by atoms with Gasteiger partial charge in [0.05, 0.1) is 18.0 Å². The summed E-state index contributed by atoms with van der Waals surface area (Å²) in [5.41, 5.74) is 7.95. The van der Waals surface area contributed by atoms with Crippen molar-refractivity contribution in [2.24, 2.45) is 19.8 Å². The van der Waals surface area contributed by atoms with Gasteiger partial charge in [-0.1, -0.05) is 0 Å². The second kappa shape index (κ2) is 8.10. The van der Waals surface area contributed by atoms with E-state index in [0.717, 1.165) is 34.3 Å². The molecule has 13 heteroatoms. The molecule has 2 aromatic heterocycles. The third-order valence-electron chi connectivity index (χ3n) is 6.40. The first-order valence-electron chi connectivity index (χ1n) is 10.6. The number of aromatic nitrogens is 5. The smallest absolute Gasteiger partial charge is 0.370 e. The van der Waals surface area contributed by atoms with Crippen LogP contribution in [0.2, 0.25) is 0 Å². The molecule has 34 heavy (non-hydrogen) atoms. The average molecular weight is 483 g/mol. The summed E-state index contributed by atoms with van der Waals surface area (Å²) < 4.78 is 75.4. The zero-order chi connectivity index (χ0) is 24.4. The third-order valence-corrected chi connectivity index (χ3v) is 6.40. The van der Waals surface area contributed by atoms with Crippen molar-refractivity contribution in [3.05, 3.63) is 52.6 Å². The van der Waals surface area contributed by atoms with Gasteiger partial charge in [0.1, 0.15) is 17.7 Å². The van der Waals surface area contributed by atoms with Crippen molar-refractivity contribution >= 4 is 0 Å². The summed E-state index contributed by atoms with van der Waals surface area (Å²) in [6, 6.07) is 2.59. The van der Waals surface area contributed by atoms with E-state index in [0.29, 0.717) is 25.3 Å². The molecule has 1 fully saturated rings. The maximum atomic E-state index is 14.2. The van der Waals surface area contributed by atoms with Crippen molar-refractivity contribution in [2.45, 2.75) is 43.9 Å². The van der Waals surface area contributed by atoms with Crippen LogP contribution in [0.15, 0.2) is 18.2 Å². The minimum atomic E-state index is -4.65. The van der Waals surface area contributed by atoms with Crippen LogP contribution in [0.25, 0.3) is 11.6 Å². The fraction of sp³-hybridized carbons (Fsp3) is 0.476. The zero-order valence-electron chi connectivity index (χ0n) is 18.4. The maximum Gasteiger partial charge on any atom is 0.453 e. The van der Waals surface area contributed by atoms with Crippen molar-refractivity contribution in [1.29, 1.82) is 0 Å². The van der Waals surface area contributed by atoms with Crippen molar-refractivity contribution in [3.8, 4) is 11.6 Å². The maximum absolute atomic E-state index is 14.2. The van der Waals surface area contributed by atoms with Crippen LogP contribution in [-0.4, -0.2) is 47.9 Å². The highest BCUT2D eigenvalue weighted by molar-refractivity contribution is 5.48. The van der Waals surface area contributed by atoms with Crippen LogP contribution < -0.4 is 5.73 Å². The lowest BCUT2D eigenvalue weighted by Gasteiger charge is -2.38. The fourth-order valence-corrected chi connectivity index (χ4v) is 4.66. The molecule has 0 bridgehead atoms. The number of ether oxygens (including phenoxy) is 1. The highest BCUT2D eigenvalue weighted by Crippen LogP contribution is 2.35. The zero-order valence-corrected chi connectivity index (χ0v) is 18.4. The fourth-order valence-electron chi connectivity index (χ4n) is 4.66. The molecule has 3 atom stereocenters. The average Bonchev–Trinajstić information content (AvgIpc) is 3.44. The third kappa shape index (κ3) is 3.87. The van der Waals surface area contributed by atoms with E-state index in [9.17, 15) is 22.0 Å². The SMILES string of the molecule is Cn1nc(C(F)(F)F)nc1-c1nc2c(n1C)CN([C@H]1CO[C@H](c3cc(F)ccc3F)[C@@H](N)C1)C2. The van der Waals surface area contributed by atoms with Gasteiger partial charge in [0.15, 0.2) is 11.6 Å². The molecule has 0 radical (unpaired) electrons. The van der Waals surface area contributed by atoms with Gasteiger partial charge in [-0.15, -0.1) is 5.10 Å². The van der Waals surface area contributed by atoms with Gasteiger partial charge in [0.2, 0.25) is 0 Å². The Labute approximate surface area is 191 Å². The molecule has 1 aromatic carbocycles. The molecule has 5 rings (SSSR count). The second-order valence-corrected chi connectivity index (χ2v) is 8.65. The number of hydrogen-bond donors (Lipinski definition) is 1. The highest BCUT2D eigenvalue weighted by Gasteiger charge is 2.40. The van der Waals surface area contributed by atoms with Gasteiger partial charge in [-0.2, -0.15) is 18.2 Å². The van der Waals surface area contributed by atoms with Gasteiger partial charge in [0.25, 0.3) is 5.82 Å². The molecule has 2 aliphatic heterocycles. The number of aryl methyl sites for hydroxylation is 1. The molecule has 0 unspecified atom stereocenters. The van der Waals surface area contributed by atoms with Gasteiger partial charge >= 0.3 is 6.18 Å². The Kier molecular flexibility index (Phi) is 5.45. The van der Waals surface area contributed by atoms with Gasteiger partial charge in [-0.3, -0.25) is 4.90 Å². The Hall–Kier alpha value is -2.90. The van der Waals surface area contributed by atoms with Crippen LogP contribution in [-0.2, 0) is 38.1 Å². The standard InChI is InChI=1S/C21H22F5N7O/c1-31-16-8-33(7-15(16)28-18(31)19-29-20(21(24,25)26)30-32(19)2)11-6-14(27)17(34-9-11)12-5-10(22)3-4-13(12)23/h3-5,11,14,17H,6-9,27H2,1-2H3/t11-,14+,17-/m1/s1. The van der Waals surface area contributed by atoms with Crippen LogP contribution in [0.5, 0.6) is 0 Å². The number of alkyl halides is 3. The first-order valence-corrected chi connectivity index (χ1v) is 10.6. The number of nitrogens with zero attached hydrogens (tertiary/aromatic N) is 6. The first-order chi connectivity index (χ1) is 16.0. The molecule has 8 nitrogen and oxygen atoms in total. The molecule has 182 valence electrons. The summed E-state index contributed by atoms with van der Waals surface area (Å²) in [4.78, 5) is 10.3. The second-order valence-electron chi connectivity index (χ2n) is 8.65. The minimum absolute atomic E-state index is 0.0266.